The number of hydrogen-bond acceptors (Lipinski definition) is 1. The molecule has 0 saturated carbocycles. The molecule has 0 bridgehead atoms. The third kappa shape index (κ3) is 4.07. The zero-order chi connectivity index (χ0) is 15.1. The van der Waals surface area contributed by atoms with Gasteiger partial charge < -0.3 is 5.32 Å². The first-order valence-electron chi connectivity index (χ1n) is 8.38. The van der Waals surface area contributed by atoms with E-state index in [-0.39, 0.29) is 0 Å². The van der Waals surface area contributed by atoms with Gasteiger partial charge in [-0.1, -0.05) is 61.9 Å². The maximum absolute atomic E-state index is 3.35. The van der Waals surface area contributed by atoms with Crippen LogP contribution >= 0.6 is 0 Å². The van der Waals surface area contributed by atoms with Crippen LogP contribution in [0.5, 0.6) is 0 Å². The molecular formula is C20H29N. The molecule has 0 fully saturated rings. The molecule has 0 saturated heterocycles. The van der Waals surface area contributed by atoms with E-state index in [4.69, 9.17) is 0 Å². The highest BCUT2D eigenvalue weighted by atomic mass is 14.8. The predicted molar refractivity (Wildman–Crippen MR) is 92.7 cm³/mol. The van der Waals surface area contributed by atoms with Crippen molar-refractivity contribution in [2.24, 2.45) is 5.92 Å². The van der Waals surface area contributed by atoms with Crippen molar-refractivity contribution in [2.75, 3.05) is 13.6 Å². The van der Waals surface area contributed by atoms with Gasteiger partial charge in [-0.2, -0.15) is 0 Å². The molecule has 1 aliphatic carbocycles. The van der Waals surface area contributed by atoms with E-state index in [2.05, 4.69) is 61.7 Å². The summed E-state index contributed by atoms with van der Waals surface area (Å²) >= 11 is 0. The molecular weight excluding hydrogens is 254 g/mol. The number of hydrogen-bond donors (Lipinski definition) is 1. The Bertz CT molecular complexity index is 498. The zero-order valence-electron chi connectivity index (χ0n) is 13.7. The smallest absolute Gasteiger partial charge is 0.0167 e. The molecule has 1 nitrogen and oxygen atoms in total. The second-order valence-electron chi connectivity index (χ2n) is 6.00. The Morgan fingerprint density at radius 1 is 1.24 bits per heavy atom. The van der Waals surface area contributed by atoms with Gasteiger partial charge in [0.05, 0.1) is 0 Å². The number of fused-ring (bicyclic) bond motifs is 1. The maximum atomic E-state index is 3.35. The summed E-state index contributed by atoms with van der Waals surface area (Å²) in [7, 11) is 2.05. The fourth-order valence-electron chi connectivity index (χ4n) is 3.34. The average molecular weight is 283 g/mol. The standard InChI is InChI=1S/C20H29N/c1-4-6-9-17-14-18-10-7-8-11-20(18)16(5-2)12-13-19(17)15-21-3/h6-11,13,16-17,21H,4-5,12,14-15H2,1-3H3. The van der Waals surface area contributed by atoms with Gasteiger partial charge in [-0.15, -0.1) is 0 Å². The van der Waals surface area contributed by atoms with Gasteiger partial charge in [-0.05, 0) is 49.8 Å². The highest BCUT2D eigenvalue weighted by Crippen LogP contribution is 2.33. The van der Waals surface area contributed by atoms with Crippen LogP contribution < -0.4 is 5.32 Å². The van der Waals surface area contributed by atoms with Crippen molar-refractivity contribution >= 4 is 0 Å². The second kappa shape index (κ2) is 8.19. The fraction of sp³-hybridized carbons (Fsp3) is 0.500. The second-order valence-corrected chi connectivity index (χ2v) is 6.00. The van der Waals surface area contributed by atoms with Gasteiger partial charge >= 0.3 is 0 Å². The van der Waals surface area contributed by atoms with E-state index in [0.29, 0.717) is 11.8 Å². The summed E-state index contributed by atoms with van der Waals surface area (Å²) in [6, 6.07) is 9.04. The zero-order valence-corrected chi connectivity index (χ0v) is 13.7. The van der Waals surface area contributed by atoms with Gasteiger partial charge in [-0.25, -0.2) is 0 Å². The summed E-state index contributed by atoms with van der Waals surface area (Å²) in [5.74, 6) is 1.21. The van der Waals surface area contributed by atoms with Crippen LogP contribution in [0.2, 0.25) is 0 Å². The Labute approximate surface area is 130 Å². The first-order valence-corrected chi connectivity index (χ1v) is 8.38. The van der Waals surface area contributed by atoms with Crippen LogP contribution in [0.1, 0.15) is 50.2 Å². The molecule has 114 valence electrons. The lowest BCUT2D eigenvalue weighted by Crippen LogP contribution is -2.20. The number of allylic oxidation sites excluding steroid dienone is 3. The minimum atomic E-state index is 0.538. The normalized spacial score (nSPS) is 22.5. The van der Waals surface area contributed by atoms with E-state index in [1.807, 2.05) is 7.05 Å². The summed E-state index contributed by atoms with van der Waals surface area (Å²) in [5.41, 5.74) is 4.65. The Kier molecular flexibility index (Phi) is 6.25. The highest BCUT2D eigenvalue weighted by Gasteiger charge is 2.20. The van der Waals surface area contributed by atoms with Crippen molar-refractivity contribution in [1.82, 2.24) is 5.32 Å². The predicted octanol–water partition coefficient (Wildman–Crippen LogP) is 4.85. The first kappa shape index (κ1) is 16.0. The largest absolute Gasteiger partial charge is 0.316 e. The fourth-order valence-corrected chi connectivity index (χ4v) is 3.34. The van der Waals surface area contributed by atoms with E-state index in [9.17, 15) is 0 Å². The van der Waals surface area contributed by atoms with Crippen molar-refractivity contribution in [2.45, 2.75) is 45.4 Å². The molecule has 0 spiro atoms. The summed E-state index contributed by atoms with van der Waals surface area (Å²) in [5, 5.41) is 3.35. The molecule has 1 aromatic rings. The number of nitrogens with one attached hydrogen (secondary N) is 1. The van der Waals surface area contributed by atoms with Crippen LogP contribution in [0.4, 0.5) is 0 Å². The highest BCUT2D eigenvalue weighted by molar-refractivity contribution is 5.35. The maximum Gasteiger partial charge on any atom is 0.0167 e. The quantitative estimate of drug-likeness (QED) is 0.761. The van der Waals surface area contributed by atoms with E-state index in [1.54, 1.807) is 11.1 Å². The van der Waals surface area contributed by atoms with Crippen LogP contribution in [0, 0.1) is 5.92 Å². The van der Waals surface area contributed by atoms with E-state index in [0.717, 1.165) is 19.4 Å². The molecule has 1 aliphatic rings. The third-order valence-electron chi connectivity index (χ3n) is 4.55. The summed E-state index contributed by atoms with van der Waals surface area (Å²) in [4.78, 5) is 0. The molecule has 21 heavy (non-hydrogen) atoms. The van der Waals surface area contributed by atoms with Crippen molar-refractivity contribution < 1.29 is 0 Å². The molecule has 2 unspecified atom stereocenters. The first-order chi connectivity index (χ1) is 10.3. The number of likely N-dealkylation sites (N-methyl/N-ethyl adjacent to an activating group) is 1. The minimum Gasteiger partial charge on any atom is -0.316 e. The molecule has 1 N–H and O–H groups in total. The lowest BCUT2D eigenvalue weighted by atomic mass is 9.80. The summed E-state index contributed by atoms with van der Waals surface area (Å²) in [6.07, 6.45) is 11.9. The van der Waals surface area contributed by atoms with Crippen LogP contribution in [0.15, 0.2) is 48.1 Å². The molecule has 1 heteroatoms. The van der Waals surface area contributed by atoms with E-state index < -0.39 is 0 Å². The molecule has 1 aromatic carbocycles. The average Bonchev–Trinajstić information content (AvgIpc) is 2.50. The molecule has 0 radical (unpaired) electrons. The molecule has 0 aromatic heterocycles. The van der Waals surface area contributed by atoms with Gasteiger partial charge in [-0.3, -0.25) is 0 Å². The lowest BCUT2D eigenvalue weighted by molar-refractivity contribution is 0.614. The van der Waals surface area contributed by atoms with Gasteiger partial charge in [0.15, 0.2) is 0 Å². The summed E-state index contributed by atoms with van der Waals surface area (Å²) in [6.45, 7) is 5.52. The molecule has 0 amide bonds. The molecule has 2 rings (SSSR count). The Morgan fingerprint density at radius 3 is 2.76 bits per heavy atom. The van der Waals surface area contributed by atoms with E-state index in [1.165, 1.54) is 18.4 Å². The van der Waals surface area contributed by atoms with Crippen LogP contribution in [0.3, 0.4) is 0 Å². The Balaban J connectivity index is 2.37. The SMILES string of the molecule is CCC=CC1Cc2ccccc2C(CC)CC=C1CNC. The Hall–Kier alpha value is -1.34. The van der Waals surface area contributed by atoms with Crippen molar-refractivity contribution in [3.63, 3.8) is 0 Å². The topological polar surface area (TPSA) is 12.0 Å². The van der Waals surface area contributed by atoms with Gasteiger partial charge in [0.25, 0.3) is 0 Å². The van der Waals surface area contributed by atoms with Crippen LogP contribution in [-0.2, 0) is 6.42 Å². The van der Waals surface area contributed by atoms with Gasteiger partial charge in [0, 0.05) is 12.5 Å². The number of benzene rings is 1. The molecule has 0 heterocycles. The van der Waals surface area contributed by atoms with Crippen LogP contribution in [-0.4, -0.2) is 13.6 Å². The monoisotopic (exact) mass is 283 g/mol. The third-order valence-corrected chi connectivity index (χ3v) is 4.55. The van der Waals surface area contributed by atoms with Crippen LogP contribution in [0.25, 0.3) is 0 Å². The lowest BCUT2D eigenvalue weighted by Gasteiger charge is -2.26. The van der Waals surface area contributed by atoms with Crippen molar-refractivity contribution in [1.29, 1.82) is 0 Å². The Morgan fingerprint density at radius 2 is 2.05 bits per heavy atom. The number of rotatable bonds is 5. The minimum absolute atomic E-state index is 0.538. The summed E-state index contributed by atoms with van der Waals surface area (Å²) < 4.78 is 0. The van der Waals surface area contributed by atoms with Gasteiger partial charge in [0.2, 0.25) is 0 Å². The van der Waals surface area contributed by atoms with E-state index >= 15 is 0 Å². The molecule has 2 atom stereocenters. The molecule has 0 aliphatic heterocycles. The van der Waals surface area contributed by atoms with Gasteiger partial charge in [0.1, 0.15) is 0 Å². The van der Waals surface area contributed by atoms with Crippen molar-refractivity contribution in [3.8, 4) is 0 Å². The van der Waals surface area contributed by atoms with Crippen molar-refractivity contribution in [3.05, 3.63) is 59.2 Å².